The molecule has 1 N–H and O–H groups in total. The van der Waals surface area contributed by atoms with Gasteiger partial charge in [0.2, 0.25) is 0 Å². The van der Waals surface area contributed by atoms with Crippen molar-refractivity contribution in [1.82, 2.24) is 10.2 Å². The first-order chi connectivity index (χ1) is 10.3. The molecule has 0 radical (unpaired) electrons. The lowest BCUT2D eigenvalue weighted by Crippen LogP contribution is -2.69. The molecule has 3 heterocycles. The number of hydrogen-bond acceptors (Lipinski definition) is 3. The fourth-order valence-corrected chi connectivity index (χ4v) is 5.71. The predicted molar refractivity (Wildman–Crippen MR) is 85.4 cm³/mol. The molecular formula is C18H32N2O. The second-order valence-electron chi connectivity index (χ2n) is 7.94. The van der Waals surface area contributed by atoms with Crippen LogP contribution in [0.5, 0.6) is 0 Å². The number of ether oxygens (including phenoxy) is 1. The standard InChI is InChI=1S/C18H32N2O/c1-2-21-17-12-16(18(17)8-4-3-5-9-18)19-15-13-20-10-6-14(15)7-11-20/h14-17,19H,2-13H2,1H3. The molecule has 3 heteroatoms. The zero-order valence-electron chi connectivity index (χ0n) is 13.7. The fourth-order valence-electron chi connectivity index (χ4n) is 5.71. The molecular weight excluding hydrogens is 260 g/mol. The summed E-state index contributed by atoms with van der Waals surface area (Å²) in [6.45, 7) is 7.04. The van der Waals surface area contributed by atoms with E-state index in [1.54, 1.807) is 0 Å². The Labute approximate surface area is 129 Å². The van der Waals surface area contributed by atoms with Gasteiger partial charge < -0.3 is 15.0 Å². The van der Waals surface area contributed by atoms with Crippen LogP contribution in [0.2, 0.25) is 0 Å². The maximum absolute atomic E-state index is 6.10. The quantitative estimate of drug-likeness (QED) is 0.862. The van der Waals surface area contributed by atoms with Gasteiger partial charge in [-0.2, -0.15) is 0 Å². The van der Waals surface area contributed by atoms with E-state index in [0.29, 0.717) is 11.5 Å². The molecule has 120 valence electrons. The van der Waals surface area contributed by atoms with Crippen LogP contribution in [0, 0.1) is 11.3 Å². The molecule has 3 nitrogen and oxygen atoms in total. The predicted octanol–water partition coefficient (Wildman–Crippen LogP) is 2.80. The van der Waals surface area contributed by atoms with Gasteiger partial charge in [-0.15, -0.1) is 0 Å². The van der Waals surface area contributed by atoms with Crippen molar-refractivity contribution in [3.05, 3.63) is 0 Å². The van der Waals surface area contributed by atoms with Crippen LogP contribution >= 0.6 is 0 Å². The SMILES string of the molecule is CCOC1CC(NC2CN3CCC2CC3)C12CCCCC2. The Kier molecular flexibility index (Phi) is 4.01. The Morgan fingerprint density at radius 3 is 2.52 bits per heavy atom. The van der Waals surface area contributed by atoms with Gasteiger partial charge in [0, 0.05) is 30.7 Å². The first-order valence-corrected chi connectivity index (χ1v) is 9.42. The molecule has 2 aliphatic carbocycles. The van der Waals surface area contributed by atoms with Gasteiger partial charge in [-0.25, -0.2) is 0 Å². The Balaban J connectivity index is 1.42. The van der Waals surface area contributed by atoms with E-state index in [1.165, 1.54) is 71.0 Å². The Hall–Kier alpha value is -0.120. The molecule has 2 bridgehead atoms. The number of hydrogen-bond donors (Lipinski definition) is 1. The molecule has 21 heavy (non-hydrogen) atoms. The summed E-state index contributed by atoms with van der Waals surface area (Å²) in [5.74, 6) is 0.946. The van der Waals surface area contributed by atoms with Crippen LogP contribution in [0.1, 0.15) is 58.3 Å². The fraction of sp³-hybridized carbons (Fsp3) is 1.00. The van der Waals surface area contributed by atoms with Crippen molar-refractivity contribution in [2.24, 2.45) is 11.3 Å². The summed E-state index contributed by atoms with van der Waals surface area (Å²) in [4.78, 5) is 2.67. The molecule has 0 amide bonds. The number of piperidine rings is 3. The van der Waals surface area contributed by atoms with Crippen LogP contribution in [0.25, 0.3) is 0 Å². The summed E-state index contributed by atoms with van der Waals surface area (Å²) >= 11 is 0. The topological polar surface area (TPSA) is 24.5 Å². The maximum atomic E-state index is 6.10. The van der Waals surface area contributed by atoms with Crippen LogP contribution in [0.15, 0.2) is 0 Å². The van der Waals surface area contributed by atoms with Crippen molar-refractivity contribution in [1.29, 1.82) is 0 Å². The maximum Gasteiger partial charge on any atom is 0.0661 e. The van der Waals surface area contributed by atoms with E-state index in [9.17, 15) is 0 Å². The van der Waals surface area contributed by atoms with Gasteiger partial charge in [-0.1, -0.05) is 19.3 Å². The average Bonchev–Trinajstić information content (AvgIpc) is 2.56. The highest BCUT2D eigenvalue weighted by Gasteiger charge is 2.56. The van der Waals surface area contributed by atoms with E-state index in [1.807, 2.05) is 0 Å². The normalized spacial score (nSPS) is 44.7. The van der Waals surface area contributed by atoms with Gasteiger partial charge in [-0.05, 0) is 58.0 Å². The minimum Gasteiger partial charge on any atom is -0.378 e. The lowest BCUT2D eigenvalue weighted by atomic mass is 9.55. The molecule has 3 aliphatic heterocycles. The molecule has 3 saturated heterocycles. The number of nitrogens with zero attached hydrogens (tertiary/aromatic N) is 1. The summed E-state index contributed by atoms with van der Waals surface area (Å²) in [5.41, 5.74) is 0.486. The highest BCUT2D eigenvalue weighted by atomic mass is 16.5. The Morgan fingerprint density at radius 1 is 1.14 bits per heavy atom. The van der Waals surface area contributed by atoms with Gasteiger partial charge in [0.15, 0.2) is 0 Å². The van der Waals surface area contributed by atoms with Crippen molar-refractivity contribution in [2.75, 3.05) is 26.2 Å². The average molecular weight is 292 g/mol. The molecule has 1 spiro atoms. The summed E-state index contributed by atoms with van der Waals surface area (Å²) in [6.07, 6.45) is 11.7. The van der Waals surface area contributed by atoms with E-state index in [0.717, 1.165) is 24.6 Å². The smallest absolute Gasteiger partial charge is 0.0661 e. The first-order valence-electron chi connectivity index (χ1n) is 9.42. The van der Waals surface area contributed by atoms with E-state index in [4.69, 9.17) is 4.74 Å². The van der Waals surface area contributed by atoms with Gasteiger partial charge in [0.05, 0.1) is 6.10 Å². The van der Waals surface area contributed by atoms with Crippen LogP contribution in [-0.2, 0) is 4.74 Å². The highest BCUT2D eigenvalue weighted by Crippen LogP contribution is 2.53. The van der Waals surface area contributed by atoms with Gasteiger partial charge in [0.25, 0.3) is 0 Å². The Bertz CT molecular complexity index is 358. The third-order valence-electron chi connectivity index (χ3n) is 7.01. The van der Waals surface area contributed by atoms with Crippen molar-refractivity contribution in [3.63, 3.8) is 0 Å². The summed E-state index contributed by atoms with van der Waals surface area (Å²) < 4.78 is 6.10. The molecule has 3 atom stereocenters. The van der Waals surface area contributed by atoms with Crippen LogP contribution in [-0.4, -0.2) is 49.3 Å². The van der Waals surface area contributed by atoms with Gasteiger partial charge in [-0.3, -0.25) is 0 Å². The monoisotopic (exact) mass is 292 g/mol. The van der Waals surface area contributed by atoms with Crippen LogP contribution < -0.4 is 5.32 Å². The minimum atomic E-state index is 0.486. The van der Waals surface area contributed by atoms with Crippen molar-refractivity contribution < 1.29 is 4.74 Å². The molecule has 5 rings (SSSR count). The third-order valence-corrected chi connectivity index (χ3v) is 7.01. The van der Waals surface area contributed by atoms with Crippen LogP contribution in [0.4, 0.5) is 0 Å². The Morgan fingerprint density at radius 2 is 1.90 bits per heavy atom. The summed E-state index contributed by atoms with van der Waals surface area (Å²) in [5, 5.41) is 4.11. The van der Waals surface area contributed by atoms with Crippen LogP contribution in [0.3, 0.4) is 0 Å². The second kappa shape index (κ2) is 5.82. The minimum absolute atomic E-state index is 0.486. The highest BCUT2D eigenvalue weighted by molar-refractivity contribution is 5.10. The van der Waals surface area contributed by atoms with E-state index in [-0.39, 0.29) is 0 Å². The van der Waals surface area contributed by atoms with Crippen molar-refractivity contribution in [2.45, 2.75) is 76.5 Å². The molecule has 5 fully saturated rings. The first kappa shape index (κ1) is 14.5. The van der Waals surface area contributed by atoms with Gasteiger partial charge in [0.1, 0.15) is 0 Å². The number of nitrogens with one attached hydrogen (secondary N) is 1. The van der Waals surface area contributed by atoms with Gasteiger partial charge >= 0.3 is 0 Å². The molecule has 0 aromatic rings. The zero-order valence-corrected chi connectivity index (χ0v) is 13.7. The second-order valence-corrected chi connectivity index (χ2v) is 7.94. The molecule has 0 aromatic carbocycles. The van der Waals surface area contributed by atoms with Crippen molar-refractivity contribution >= 4 is 0 Å². The lowest BCUT2D eigenvalue weighted by Gasteiger charge is -2.60. The number of rotatable bonds is 4. The molecule has 3 unspecified atom stereocenters. The van der Waals surface area contributed by atoms with E-state index in [2.05, 4.69) is 17.1 Å². The summed E-state index contributed by atoms with van der Waals surface area (Å²) in [6, 6.07) is 1.50. The number of fused-ring (bicyclic) bond motifs is 3. The largest absolute Gasteiger partial charge is 0.378 e. The molecule has 2 saturated carbocycles. The van der Waals surface area contributed by atoms with E-state index >= 15 is 0 Å². The molecule has 5 aliphatic rings. The van der Waals surface area contributed by atoms with E-state index < -0.39 is 0 Å². The van der Waals surface area contributed by atoms with Crippen molar-refractivity contribution in [3.8, 4) is 0 Å². The summed E-state index contributed by atoms with van der Waals surface area (Å²) in [7, 11) is 0. The lowest BCUT2D eigenvalue weighted by molar-refractivity contribution is -0.155. The molecule has 0 aromatic heterocycles. The third kappa shape index (κ3) is 2.46. The zero-order chi connectivity index (χ0) is 14.3.